The van der Waals surface area contributed by atoms with E-state index in [1.165, 1.54) is 11.3 Å². The van der Waals surface area contributed by atoms with Crippen LogP contribution >= 0.6 is 11.3 Å². The van der Waals surface area contributed by atoms with Crippen LogP contribution in [0.4, 0.5) is 0 Å². The highest BCUT2D eigenvalue weighted by Crippen LogP contribution is 2.30. The Labute approximate surface area is 134 Å². The normalized spacial score (nSPS) is 20.9. The predicted molar refractivity (Wildman–Crippen MR) is 87.6 cm³/mol. The summed E-state index contributed by atoms with van der Waals surface area (Å²) in [6.45, 7) is 5.64. The van der Waals surface area contributed by atoms with Crippen LogP contribution in [0, 0.1) is 5.41 Å². The molecule has 22 heavy (non-hydrogen) atoms. The maximum Gasteiger partial charge on any atom is 0.265 e. The summed E-state index contributed by atoms with van der Waals surface area (Å²) in [7, 11) is 0. The molecule has 1 aliphatic heterocycles. The number of nitrogens with zero attached hydrogens (tertiary/aromatic N) is 3. The molecule has 3 rings (SSSR count). The van der Waals surface area contributed by atoms with Crippen molar-refractivity contribution in [1.82, 2.24) is 14.9 Å². The van der Waals surface area contributed by atoms with Gasteiger partial charge in [0.25, 0.3) is 5.91 Å². The number of rotatable bonds is 2. The third-order valence-corrected chi connectivity index (χ3v) is 5.28. The standard InChI is InChI=1S/C16H20N4OS/c1-16(2)10-20(8-5-13(16)17)15(21)12-9-19-14(22-12)11-3-6-18-7-4-11/h3-4,6-7,9,13H,5,8,10,17H2,1-2H3. The average Bonchev–Trinajstić information content (AvgIpc) is 3.00. The average molecular weight is 316 g/mol. The number of carbonyl (C=O) groups excluding carboxylic acids is 1. The summed E-state index contributed by atoms with van der Waals surface area (Å²) < 4.78 is 0. The number of aromatic nitrogens is 2. The molecule has 2 aromatic heterocycles. The molecule has 6 heteroatoms. The van der Waals surface area contributed by atoms with Gasteiger partial charge in [-0.15, -0.1) is 11.3 Å². The van der Waals surface area contributed by atoms with E-state index in [9.17, 15) is 4.79 Å². The van der Waals surface area contributed by atoms with Crippen LogP contribution in [0.3, 0.4) is 0 Å². The second-order valence-electron chi connectivity index (χ2n) is 6.38. The summed E-state index contributed by atoms with van der Waals surface area (Å²) in [5, 5.41) is 0.846. The maximum atomic E-state index is 12.7. The van der Waals surface area contributed by atoms with Crippen LogP contribution in [0.15, 0.2) is 30.7 Å². The molecule has 0 bridgehead atoms. The highest BCUT2D eigenvalue weighted by atomic mass is 32.1. The van der Waals surface area contributed by atoms with Crippen molar-refractivity contribution >= 4 is 17.2 Å². The van der Waals surface area contributed by atoms with Crippen molar-refractivity contribution in [2.45, 2.75) is 26.3 Å². The van der Waals surface area contributed by atoms with Gasteiger partial charge in [-0.3, -0.25) is 9.78 Å². The molecule has 1 unspecified atom stereocenters. The lowest BCUT2D eigenvalue weighted by molar-refractivity contribution is 0.0537. The van der Waals surface area contributed by atoms with Crippen LogP contribution in [-0.2, 0) is 0 Å². The first-order valence-corrected chi connectivity index (χ1v) is 8.20. The molecule has 0 spiro atoms. The Kier molecular flexibility index (Phi) is 3.97. The van der Waals surface area contributed by atoms with E-state index >= 15 is 0 Å². The summed E-state index contributed by atoms with van der Waals surface area (Å²) in [6, 6.07) is 3.94. The molecule has 2 N–H and O–H groups in total. The van der Waals surface area contributed by atoms with E-state index in [0.717, 1.165) is 17.0 Å². The van der Waals surface area contributed by atoms with Crippen molar-refractivity contribution < 1.29 is 4.79 Å². The van der Waals surface area contributed by atoms with Gasteiger partial charge < -0.3 is 10.6 Å². The summed E-state index contributed by atoms with van der Waals surface area (Å²) in [4.78, 5) is 23.6. The fourth-order valence-corrected chi connectivity index (χ4v) is 3.59. The van der Waals surface area contributed by atoms with Gasteiger partial charge in [-0.1, -0.05) is 13.8 Å². The lowest BCUT2D eigenvalue weighted by Crippen LogP contribution is -2.53. The first kappa shape index (κ1) is 15.1. The molecular weight excluding hydrogens is 296 g/mol. The SMILES string of the molecule is CC1(C)CN(C(=O)c2cnc(-c3ccncc3)s2)CCC1N. The zero-order valence-corrected chi connectivity index (χ0v) is 13.6. The number of thiazole rings is 1. The molecule has 1 aliphatic rings. The Hall–Kier alpha value is -1.79. The van der Waals surface area contributed by atoms with E-state index < -0.39 is 0 Å². The summed E-state index contributed by atoms with van der Waals surface area (Å²) >= 11 is 1.43. The number of amides is 1. The predicted octanol–water partition coefficient (Wildman–Crippen LogP) is 2.40. The van der Waals surface area contributed by atoms with Gasteiger partial charge in [0.15, 0.2) is 0 Å². The van der Waals surface area contributed by atoms with E-state index in [0.29, 0.717) is 18.0 Å². The Morgan fingerprint density at radius 1 is 1.41 bits per heavy atom. The third kappa shape index (κ3) is 2.89. The van der Waals surface area contributed by atoms with Crippen molar-refractivity contribution in [3.8, 4) is 10.6 Å². The van der Waals surface area contributed by atoms with Gasteiger partial charge >= 0.3 is 0 Å². The van der Waals surface area contributed by atoms with Crippen LogP contribution in [0.25, 0.3) is 10.6 Å². The monoisotopic (exact) mass is 316 g/mol. The lowest BCUT2D eigenvalue weighted by Gasteiger charge is -2.42. The number of hydrogen-bond donors (Lipinski definition) is 1. The zero-order valence-electron chi connectivity index (χ0n) is 12.8. The van der Waals surface area contributed by atoms with Gasteiger partial charge in [-0.2, -0.15) is 0 Å². The van der Waals surface area contributed by atoms with Crippen LogP contribution in [0.1, 0.15) is 29.9 Å². The van der Waals surface area contributed by atoms with Crippen molar-refractivity contribution in [2.24, 2.45) is 11.1 Å². The fraction of sp³-hybridized carbons (Fsp3) is 0.438. The number of piperidine rings is 1. The van der Waals surface area contributed by atoms with E-state index in [4.69, 9.17) is 5.73 Å². The Bertz CT molecular complexity index is 668. The Morgan fingerprint density at radius 3 is 2.82 bits per heavy atom. The summed E-state index contributed by atoms with van der Waals surface area (Å²) in [5.41, 5.74) is 7.08. The Balaban J connectivity index is 1.78. The lowest BCUT2D eigenvalue weighted by atomic mass is 9.79. The van der Waals surface area contributed by atoms with Gasteiger partial charge in [0.05, 0.1) is 6.20 Å². The first-order chi connectivity index (χ1) is 10.5. The largest absolute Gasteiger partial charge is 0.337 e. The maximum absolute atomic E-state index is 12.7. The molecule has 2 aromatic rings. The number of hydrogen-bond acceptors (Lipinski definition) is 5. The zero-order chi connectivity index (χ0) is 15.7. The number of pyridine rings is 1. The van der Waals surface area contributed by atoms with E-state index in [1.807, 2.05) is 17.0 Å². The molecule has 1 saturated heterocycles. The smallest absolute Gasteiger partial charge is 0.265 e. The third-order valence-electron chi connectivity index (χ3n) is 4.24. The molecule has 0 radical (unpaired) electrons. The van der Waals surface area contributed by atoms with E-state index in [-0.39, 0.29) is 17.4 Å². The minimum atomic E-state index is -0.0491. The van der Waals surface area contributed by atoms with Crippen LogP contribution in [-0.4, -0.2) is 39.9 Å². The highest BCUT2D eigenvalue weighted by Gasteiger charge is 2.36. The molecule has 0 aromatic carbocycles. The van der Waals surface area contributed by atoms with Crippen LogP contribution in [0.2, 0.25) is 0 Å². The van der Waals surface area contributed by atoms with Gasteiger partial charge in [0, 0.05) is 37.1 Å². The van der Waals surface area contributed by atoms with Crippen molar-refractivity contribution in [3.63, 3.8) is 0 Å². The number of carbonyl (C=O) groups is 1. The first-order valence-electron chi connectivity index (χ1n) is 7.38. The summed E-state index contributed by atoms with van der Waals surface area (Å²) in [5.74, 6) is 0.0535. The molecule has 1 atom stereocenters. The van der Waals surface area contributed by atoms with E-state index in [1.54, 1.807) is 18.6 Å². The molecule has 116 valence electrons. The minimum absolute atomic E-state index is 0.0491. The molecule has 5 nitrogen and oxygen atoms in total. The van der Waals surface area contributed by atoms with Gasteiger partial charge in [0.1, 0.15) is 9.88 Å². The van der Waals surface area contributed by atoms with Crippen molar-refractivity contribution in [1.29, 1.82) is 0 Å². The van der Waals surface area contributed by atoms with Crippen LogP contribution in [0.5, 0.6) is 0 Å². The van der Waals surface area contributed by atoms with Crippen molar-refractivity contribution in [2.75, 3.05) is 13.1 Å². The summed E-state index contributed by atoms with van der Waals surface area (Å²) in [6.07, 6.45) is 5.97. The highest BCUT2D eigenvalue weighted by molar-refractivity contribution is 7.16. The molecule has 1 fully saturated rings. The van der Waals surface area contributed by atoms with Crippen molar-refractivity contribution in [3.05, 3.63) is 35.6 Å². The molecule has 0 saturated carbocycles. The molecular formula is C16H20N4OS. The van der Waals surface area contributed by atoms with E-state index in [2.05, 4.69) is 23.8 Å². The number of likely N-dealkylation sites (tertiary alicyclic amines) is 1. The quantitative estimate of drug-likeness (QED) is 0.923. The van der Waals surface area contributed by atoms with Gasteiger partial charge in [0.2, 0.25) is 0 Å². The topological polar surface area (TPSA) is 72.1 Å². The minimum Gasteiger partial charge on any atom is -0.337 e. The second kappa shape index (κ2) is 5.78. The Morgan fingerprint density at radius 2 is 2.14 bits per heavy atom. The van der Waals surface area contributed by atoms with Gasteiger partial charge in [-0.25, -0.2) is 4.98 Å². The van der Waals surface area contributed by atoms with Gasteiger partial charge in [-0.05, 0) is 24.0 Å². The number of nitrogens with two attached hydrogens (primary N) is 1. The molecule has 1 amide bonds. The van der Waals surface area contributed by atoms with Crippen LogP contribution < -0.4 is 5.73 Å². The molecule has 3 heterocycles. The second-order valence-corrected chi connectivity index (χ2v) is 7.41. The fourth-order valence-electron chi connectivity index (χ4n) is 2.70. The molecule has 0 aliphatic carbocycles.